The van der Waals surface area contributed by atoms with Gasteiger partial charge in [0.25, 0.3) is 5.91 Å². The molecule has 1 aromatic heterocycles. The fraction of sp³-hybridized carbons (Fsp3) is 0.409. The number of piperidine rings is 1. The number of nitrogens with one attached hydrogen (secondary N) is 1. The van der Waals surface area contributed by atoms with Crippen molar-refractivity contribution in [1.82, 2.24) is 9.88 Å². The number of carbonyl (C=O) groups is 1. The number of carbonyl (C=O) groups excluding carboxylic acids is 1. The molecule has 30 heavy (non-hydrogen) atoms. The first kappa shape index (κ1) is 21.7. The molecular formula is C22H24F2N4O2. The summed E-state index contributed by atoms with van der Waals surface area (Å²) < 4.78 is 28.8. The fourth-order valence-electron chi connectivity index (χ4n) is 3.73. The highest BCUT2D eigenvalue weighted by atomic mass is 19.3. The van der Waals surface area contributed by atoms with Gasteiger partial charge in [0.05, 0.1) is 23.7 Å². The summed E-state index contributed by atoms with van der Waals surface area (Å²) in [7, 11) is 0. The van der Waals surface area contributed by atoms with Crippen molar-refractivity contribution in [3.63, 3.8) is 0 Å². The number of hydrogen-bond acceptors (Lipinski definition) is 5. The minimum absolute atomic E-state index is 0.0300. The van der Waals surface area contributed by atoms with E-state index in [9.17, 15) is 13.6 Å². The number of nitriles is 1. The van der Waals surface area contributed by atoms with Crippen LogP contribution in [0.15, 0.2) is 42.6 Å². The average molecular weight is 414 g/mol. The van der Waals surface area contributed by atoms with Gasteiger partial charge >= 0.3 is 6.61 Å². The van der Waals surface area contributed by atoms with Crippen molar-refractivity contribution in [1.29, 1.82) is 5.26 Å². The maximum absolute atomic E-state index is 12.8. The van der Waals surface area contributed by atoms with Crippen LogP contribution in [0, 0.1) is 11.3 Å². The van der Waals surface area contributed by atoms with Crippen molar-refractivity contribution in [3.05, 3.63) is 53.9 Å². The Kier molecular flexibility index (Phi) is 7.31. The number of aromatic nitrogens is 1. The summed E-state index contributed by atoms with van der Waals surface area (Å²) in [6.07, 6.45) is 3.93. The number of halogens is 2. The Hall–Kier alpha value is -3.05. The second-order valence-corrected chi connectivity index (χ2v) is 7.31. The van der Waals surface area contributed by atoms with Gasteiger partial charge in [-0.1, -0.05) is 0 Å². The van der Waals surface area contributed by atoms with Crippen molar-refractivity contribution < 1.29 is 18.3 Å². The molecule has 3 rings (SSSR count). The van der Waals surface area contributed by atoms with Crippen LogP contribution in [-0.4, -0.2) is 41.5 Å². The molecule has 0 spiro atoms. The van der Waals surface area contributed by atoms with Gasteiger partial charge in [-0.2, -0.15) is 14.0 Å². The molecule has 2 aromatic rings. The van der Waals surface area contributed by atoms with Gasteiger partial charge in [-0.3, -0.25) is 14.7 Å². The summed E-state index contributed by atoms with van der Waals surface area (Å²) in [5.41, 5.74) is 1.76. The predicted octanol–water partition coefficient (Wildman–Crippen LogP) is 4.42. The van der Waals surface area contributed by atoms with Crippen LogP contribution in [0.25, 0.3) is 0 Å². The molecule has 158 valence electrons. The third kappa shape index (κ3) is 5.51. The fourth-order valence-corrected chi connectivity index (χ4v) is 3.73. The topological polar surface area (TPSA) is 78.2 Å². The zero-order chi connectivity index (χ0) is 21.5. The van der Waals surface area contributed by atoms with Crippen molar-refractivity contribution in [3.8, 4) is 11.8 Å². The molecule has 8 heteroatoms. The molecule has 1 amide bonds. The number of rotatable bonds is 7. The Balaban J connectivity index is 1.66. The Labute approximate surface area is 174 Å². The zero-order valence-corrected chi connectivity index (χ0v) is 16.7. The third-order valence-corrected chi connectivity index (χ3v) is 5.35. The van der Waals surface area contributed by atoms with Crippen molar-refractivity contribution >= 4 is 11.6 Å². The lowest BCUT2D eigenvalue weighted by Gasteiger charge is -2.35. The van der Waals surface area contributed by atoms with Crippen LogP contribution in [0.3, 0.4) is 0 Å². The quantitative estimate of drug-likeness (QED) is 0.726. The molecule has 0 aliphatic carbocycles. The number of benzene rings is 1. The molecule has 1 saturated heterocycles. The van der Waals surface area contributed by atoms with E-state index in [-0.39, 0.29) is 23.6 Å². The molecule has 2 heterocycles. The highest BCUT2D eigenvalue weighted by Crippen LogP contribution is 2.30. The summed E-state index contributed by atoms with van der Waals surface area (Å²) in [6, 6.07) is 11.7. The number of alkyl halides is 2. The standard InChI is InChI=1S/C22H24F2N4O2/c1-15(8-11-25)28-13-9-16(10-14-28)20-19(3-2-12-26-20)21(29)27-17-4-6-18(7-5-17)30-22(23)24/h2-7,12,15-16,22H,8-10,13-14H2,1H3,(H,27,29)/t15-/m1/s1. The average Bonchev–Trinajstić information content (AvgIpc) is 2.75. The SMILES string of the molecule is C[C@H](CC#N)N1CCC(c2ncccc2C(=O)Nc2ccc(OC(F)F)cc2)CC1. The first-order chi connectivity index (χ1) is 14.5. The van der Waals surface area contributed by atoms with Gasteiger partial charge < -0.3 is 10.1 Å². The molecule has 1 fully saturated rings. The molecular weight excluding hydrogens is 390 g/mol. The zero-order valence-electron chi connectivity index (χ0n) is 16.7. The van der Waals surface area contributed by atoms with Crippen molar-refractivity contribution in [2.24, 2.45) is 0 Å². The number of anilines is 1. The lowest BCUT2D eigenvalue weighted by molar-refractivity contribution is -0.0498. The van der Waals surface area contributed by atoms with Crippen LogP contribution >= 0.6 is 0 Å². The molecule has 1 aliphatic rings. The molecule has 6 nitrogen and oxygen atoms in total. The third-order valence-electron chi connectivity index (χ3n) is 5.35. The largest absolute Gasteiger partial charge is 0.435 e. The Morgan fingerprint density at radius 3 is 2.63 bits per heavy atom. The minimum Gasteiger partial charge on any atom is -0.435 e. The number of pyridine rings is 1. The van der Waals surface area contributed by atoms with E-state index in [0.717, 1.165) is 31.6 Å². The predicted molar refractivity (Wildman–Crippen MR) is 109 cm³/mol. The maximum atomic E-state index is 12.8. The number of hydrogen-bond donors (Lipinski definition) is 1. The highest BCUT2D eigenvalue weighted by Gasteiger charge is 2.27. The highest BCUT2D eigenvalue weighted by molar-refractivity contribution is 6.05. The van der Waals surface area contributed by atoms with Gasteiger partial charge in [-0.25, -0.2) is 0 Å². The van der Waals surface area contributed by atoms with E-state index in [4.69, 9.17) is 5.26 Å². The summed E-state index contributed by atoms with van der Waals surface area (Å²) in [6.45, 7) is 0.881. The van der Waals surface area contributed by atoms with Crippen LogP contribution in [0.5, 0.6) is 5.75 Å². The summed E-state index contributed by atoms with van der Waals surface area (Å²) >= 11 is 0. The first-order valence-electron chi connectivity index (χ1n) is 9.90. The van der Waals surface area contributed by atoms with E-state index < -0.39 is 6.61 Å². The van der Waals surface area contributed by atoms with Crippen LogP contribution in [-0.2, 0) is 0 Å². The van der Waals surface area contributed by atoms with Gasteiger partial charge in [0.15, 0.2) is 0 Å². The molecule has 1 aromatic carbocycles. The van der Waals surface area contributed by atoms with Gasteiger partial charge in [0.2, 0.25) is 0 Å². The van der Waals surface area contributed by atoms with Crippen molar-refractivity contribution in [2.45, 2.75) is 44.8 Å². The molecule has 0 unspecified atom stereocenters. The van der Waals surface area contributed by atoms with E-state index in [0.29, 0.717) is 17.7 Å². The number of amides is 1. The van der Waals surface area contributed by atoms with Gasteiger partial charge in [0.1, 0.15) is 5.75 Å². The van der Waals surface area contributed by atoms with Crippen LogP contribution in [0.4, 0.5) is 14.5 Å². The molecule has 0 bridgehead atoms. The molecule has 1 aliphatic heterocycles. The maximum Gasteiger partial charge on any atom is 0.387 e. The van der Waals surface area contributed by atoms with Gasteiger partial charge in [-0.05, 0) is 69.3 Å². The number of nitrogens with zero attached hydrogens (tertiary/aromatic N) is 3. The molecule has 1 N–H and O–H groups in total. The second-order valence-electron chi connectivity index (χ2n) is 7.31. The van der Waals surface area contributed by atoms with E-state index in [1.807, 2.05) is 0 Å². The Morgan fingerprint density at radius 2 is 2.00 bits per heavy atom. The normalized spacial score (nSPS) is 16.1. The van der Waals surface area contributed by atoms with E-state index in [1.165, 1.54) is 24.3 Å². The van der Waals surface area contributed by atoms with E-state index in [1.54, 1.807) is 18.3 Å². The smallest absolute Gasteiger partial charge is 0.387 e. The van der Waals surface area contributed by atoms with Gasteiger partial charge in [0, 0.05) is 23.8 Å². The van der Waals surface area contributed by atoms with Gasteiger partial charge in [-0.15, -0.1) is 0 Å². The number of ether oxygens (including phenoxy) is 1. The second kappa shape index (κ2) is 10.1. The Morgan fingerprint density at radius 1 is 1.30 bits per heavy atom. The molecule has 0 radical (unpaired) electrons. The summed E-state index contributed by atoms with van der Waals surface area (Å²) in [5.74, 6) is -0.0948. The Bertz CT molecular complexity index is 891. The number of likely N-dealkylation sites (tertiary alicyclic amines) is 1. The first-order valence-corrected chi connectivity index (χ1v) is 9.90. The van der Waals surface area contributed by atoms with Crippen LogP contribution < -0.4 is 10.1 Å². The molecule has 1 atom stereocenters. The van der Waals surface area contributed by atoms with E-state index in [2.05, 4.69) is 32.9 Å². The monoisotopic (exact) mass is 414 g/mol. The van der Waals surface area contributed by atoms with Crippen LogP contribution in [0.2, 0.25) is 0 Å². The summed E-state index contributed by atoms with van der Waals surface area (Å²) in [5, 5.41) is 11.7. The molecule has 0 saturated carbocycles. The van der Waals surface area contributed by atoms with E-state index >= 15 is 0 Å². The lowest BCUT2D eigenvalue weighted by Crippen LogP contribution is -2.39. The summed E-state index contributed by atoms with van der Waals surface area (Å²) in [4.78, 5) is 19.6. The van der Waals surface area contributed by atoms with Crippen LogP contribution in [0.1, 0.15) is 48.2 Å². The minimum atomic E-state index is -2.89. The van der Waals surface area contributed by atoms with Crippen molar-refractivity contribution in [2.75, 3.05) is 18.4 Å². The lowest BCUT2D eigenvalue weighted by atomic mass is 9.89.